The molecule has 2 aromatic carbocycles. The van der Waals surface area contributed by atoms with Gasteiger partial charge in [0, 0.05) is 26.2 Å². The fourth-order valence-electron chi connectivity index (χ4n) is 6.00. The van der Waals surface area contributed by atoms with E-state index in [0.29, 0.717) is 12.1 Å². The number of halogens is 8. The predicted molar refractivity (Wildman–Crippen MR) is 176 cm³/mol. The normalized spacial score (nSPS) is 18.5. The Morgan fingerprint density at radius 2 is 0.981 bits per heavy atom. The number of nitrogens with zero attached hydrogens (tertiary/aromatic N) is 6. The van der Waals surface area contributed by atoms with Crippen molar-refractivity contribution >= 4 is 65.5 Å². The first kappa shape index (κ1) is 46.0. The molecule has 0 N–H and O–H groups in total. The van der Waals surface area contributed by atoms with Gasteiger partial charge < -0.3 is 18.2 Å². The molecule has 52 heavy (non-hydrogen) atoms. The zero-order valence-corrected chi connectivity index (χ0v) is 31.7. The van der Waals surface area contributed by atoms with Crippen molar-refractivity contribution in [3.63, 3.8) is 0 Å². The molecule has 0 bridgehead atoms. The van der Waals surface area contributed by atoms with Crippen LogP contribution < -0.4 is 0 Å². The molecular weight excluding hydrogens is 833 g/mol. The van der Waals surface area contributed by atoms with E-state index in [1.54, 1.807) is 0 Å². The van der Waals surface area contributed by atoms with Gasteiger partial charge in [-0.2, -0.15) is 26.3 Å². The van der Waals surface area contributed by atoms with Crippen molar-refractivity contribution in [3.05, 3.63) is 60.2 Å². The Morgan fingerprint density at radius 1 is 0.692 bits per heavy atom. The molecule has 0 unspecified atom stereocenters. The number of likely N-dealkylation sites (tertiary alicyclic amines) is 2. The van der Waals surface area contributed by atoms with Gasteiger partial charge in [0.15, 0.2) is 20.2 Å². The molecule has 290 valence electrons. The van der Waals surface area contributed by atoms with Crippen LogP contribution in [0.4, 0.5) is 26.3 Å². The van der Waals surface area contributed by atoms with Crippen molar-refractivity contribution in [2.24, 2.45) is 14.1 Å². The van der Waals surface area contributed by atoms with Crippen molar-refractivity contribution in [1.82, 2.24) is 28.9 Å². The summed E-state index contributed by atoms with van der Waals surface area (Å²) < 4.78 is 122. The van der Waals surface area contributed by atoms with Crippen LogP contribution >= 0.6 is 23.2 Å². The van der Waals surface area contributed by atoms with Gasteiger partial charge >= 0.3 is 28.1 Å². The summed E-state index contributed by atoms with van der Waals surface area (Å²) in [5, 5.41) is 0.194. The van der Waals surface area contributed by atoms with Crippen LogP contribution in [0.3, 0.4) is 0 Å². The van der Waals surface area contributed by atoms with Crippen molar-refractivity contribution in [2.75, 3.05) is 18.4 Å². The second-order valence-corrected chi connectivity index (χ2v) is 15.0. The van der Waals surface area contributed by atoms with E-state index < -0.39 is 31.3 Å². The largest absolute Gasteiger partial charge is 4.00 e. The molecule has 6 rings (SSSR count). The Morgan fingerprint density at radius 3 is 1.25 bits per heavy atom. The van der Waals surface area contributed by atoms with Crippen molar-refractivity contribution < 1.29 is 69.4 Å². The van der Waals surface area contributed by atoms with E-state index in [1.165, 1.54) is 61.5 Å². The Hall–Kier alpha value is -2.20. The number of hydrogen-bond donors (Lipinski definition) is 0. The van der Waals surface area contributed by atoms with E-state index in [9.17, 15) is 26.3 Å². The van der Waals surface area contributed by atoms with Gasteiger partial charge in [-0.3, -0.25) is 9.80 Å². The van der Waals surface area contributed by atoms with E-state index in [2.05, 4.69) is 81.6 Å². The van der Waals surface area contributed by atoms with Gasteiger partial charge in [0.2, 0.25) is 0 Å². The monoisotopic (exact) mass is 866 g/mol. The van der Waals surface area contributed by atoms with Crippen LogP contribution in [0.5, 0.6) is 0 Å². The van der Waals surface area contributed by atoms with E-state index >= 15 is 0 Å². The molecule has 4 aromatic rings. The van der Waals surface area contributed by atoms with Crippen LogP contribution in [0.2, 0.25) is 0 Å². The number of alkyl halides is 8. The zero-order valence-electron chi connectivity index (χ0n) is 27.5. The van der Waals surface area contributed by atoms with Crippen molar-refractivity contribution in [1.29, 1.82) is 0 Å². The minimum atomic E-state index is -6.09. The molecule has 0 aliphatic carbocycles. The summed E-state index contributed by atoms with van der Waals surface area (Å²) in [5.74, 6) is 2.36. The first-order valence-electron chi connectivity index (χ1n) is 15.1. The second kappa shape index (κ2) is 18.9. The number of hydrogen-bond acceptors (Lipinski definition) is 10. The van der Waals surface area contributed by atoms with Crippen LogP contribution in [0.25, 0.3) is 22.1 Å². The number of aryl methyl sites for hydroxylation is 2. The third kappa shape index (κ3) is 11.9. The molecule has 12 nitrogen and oxygen atoms in total. The molecule has 0 spiro atoms. The van der Waals surface area contributed by atoms with Crippen LogP contribution in [0.15, 0.2) is 48.5 Å². The molecule has 0 saturated carbocycles. The summed E-state index contributed by atoms with van der Waals surface area (Å²) in [6, 6.07) is 18.1. The second-order valence-electron chi connectivity index (χ2n) is 11.4. The first-order chi connectivity index (χ1) is 23.6. The van der Waals surface area contributed by atoms with Crippen LogP contribution in [-0.4, -0.2) is 96.4 Å². The minimum Gasteiger partial charge on any atom is -0.741 e. The average molecular weight is 868 g/mol. The first-order valence-corrected chi connectivity index (χ1v) is 18.9. The Balaban J connectivity index is 0.000000390. The third-order valence-electron chi connectivity index (χ3n) is 8.29. The predicted octanol–water partition coefficient (Wildman–Crippen LogP) is 5.61. The Kier molecular flexibility index (Phi) is 16.7. The number of imidazole rings is 2. The van der Waals surface area contributed by atoms with Gasteiger partial charge in [-0.25, -0.2) is 26.8 Å². The van der Waals surface area contributed by atoms with Gasteiger partial charge in [-0.05, 0) is 63.0 Å². The summed E-state index contributed by atoms with van der Waals surface area (Å²) in [4.78, 5) is 15.3. The Bertz CT molecular complexity index is 1840. The van der Waals surface area contributed by atoms with E-state index in [1.807, 2.05) is 0 Å². The van der Waals surface area contributed by atoms with Gasteiger partial charge in [0.1, 0.15) is 11.6 Å². The summed E-state index contributed by atoms with van der Waals surface area (Å²) >= 11 is 9.53. The molecule has 23 heteroatoms. The molecule has 0 amide bonds. The fourth-order valence-corrected chi connectivity index (χ4v) is 6.00. The number of rotatable bonds is 5. The topological polar surface area (TPSA) is 157 Å². The molecule has 4 heterocycles. The molecule has 2 aliphatic heterocycles. The smallest absolute Gasteiger partial charge is 0.741 e. The molecular formula is C29H34Cl2F6FeN6O6S2+2. The molecule has 2 fully saturated rings. The third-order valence-corrected chi connectivity index (χ3v) is 9.42. The maximum atomic E-state index is 10.7. The molecule has 2 aliphatic rings. The number of fused-ring (bicyclic) bond motifs is 2. The fraction of sp³-hybridized carbons (Fsp3) is 0.517. The average Bonchev–Trinajstić information content (AvgIpc) is 3.80. The van der Waals surface area contributed by atoms with Crippen LogP contribution in [0.1, 0.15) is 37.3 Å². The summed E-state index contributed by atoms with van der Waals surface area (Å²) in [5.41, 5.74) is -6.64. The van der Waals surface area contributed by atoms with Gasteiger partial charge in [0.25, 0.3) is 0 Å². The summed E-state index contributed by atoms with van der Waals surface area (Å²) in [6.07, 6.45) is 5.14. The number of aromatic nitrogens is 4. The van der Waals surface area contributed by atoms with E-state index in [0.717, 1.165) is 24.1 Å². The zero-order chi connectivity index (χ0) is 38.4. The van der Waals surface area contributed by atoms with Gasteiger partial charge in [0.05, 0.1) is 40.5 Å². The molecule has 2 saturated heterocycles. The molecule has 0 radical (unpaired) electrons. The van der Waals surface area contributed by atoms with Gasteiger partial charge in [-0.1, -0.05) is 24.3 Å². The maximum absolute atomic E-state index is 10.7. The quantitative estimate of drug-likeness (QED) is 0.0813. The van der Waals surface area contributed by atoms with E-state index in [-0.39, 0.29) is 22.4 Å². The SMILES string of the molecule is ClCCl.Cn1c(CN2CCC[C@H]2[C@@H]2CCCN2Cc2nc3ccccc3n2C)nc2ccccc21.O=S(=O)([O-])C(F)(F)F.O=S(=O)([O-])C(F)(F)F.[Fe+4]. The number of para-hydroxylation sites is 4. The Labute approximate surface area is 317 Å². The van der Waals surface area contributed by atoms with Crippen LogP contribution in [-0.2, 0) is 64.5 Å². The van der Waals surface area contributed by atoms with Crippen molar-refractivity contribution in [3.8, 4) is 0 Å². The number of benzene rings is 2. The summed E-state index contributed by atoms with van der Waals surface area (Å²) in [6.45, 7) is 4.22. The van der Waals surface area contributed by atoms with Crippen LogP contribution in [0, 0.1) is 0 Å². The minimum absolute atomic E-state index is 0. The molecule has 2 atom stereocenters. The van der Waals surface area contributed by atoms with Gasteiger partial charge in [-0.15, -0.1) is 23.2 Å². The molecule has 2 aromatic heterocycles. The summed E-state index contributed by atoms with van der Waals surface area (Å²) in [7, 11) is -7.87. The van der Waals surface area contributed by atoms with E-state index in [4.69, 9.17) is 59.1 Å². The maximum Gasteiger partial charge on any atom is 4.00 e. The standard InChI is InChI=1S/C26H32N6.CH2Cl2.2CHF3O3S.Fe/c1-29-21-11-5-3-9-19(21)27-25(29)17-31-15-7-13-23(31)24-14-8-16-32(24)18-26-28-20-10-4-6-12-22(20)30(26)2;2-1-3;2*2-1(3,4)8(5,6)7;/h3-6,9-12,23-24H,7-8,13-18H2,1-2H3;1H2;2*(H,5,6,7);/q;;;;+4/p-2/t23-,24-;;;;/m0..../s1. The van der Waals surface area contributed by atoms with Crippen molar-refractivity contribution in [2.45, 2.75) is 61.9 Å².